The van der Waals surface area contributed by atoms with Crippen molar-refractivity contribution < 1.29 is 13.2 Å². The van der Waals surface area contributed by atoms with Crippen LogP contribution in [0.15, 0.2) is 53.4 Å². The Morgan fingerprint density at radius 3 is 2.45 bits per heavy atom. The molecule has 38 heavy (non-hydrogen) atoms. The number of aromatic nitrogens is 2. The Morgan fingerprint density at radius 2 is 1.74 bits per heavy atom. The van der Waals surface area contributed by atoms with E-state index in [1.165, 1.54) is 0 Å². The number of rotatable bonds is 2. The van der Waals surface area contributed by atoms with E-state index in [0.29, 0.717) is 17.5 Å². The molecule has 2 aliphatic rings. The Morgan fingerprint density at radius 1 is 1.03 bits per heavy atom. The second-order valence-corrected chi connectivity index (χ2v) is 13.9. The van der Waals surface area contributed by atoms with Crippen LogP contribution in [0.4, 0.5) is 5.95 Å². The maximum Gasteiger partial charge on any atom is 0.264 e. The van der Waals surface area contributed by atoms with Gasteiger partial charge in [0.25, 0.3) is 10.0 Å². The van der Waals surface area contributed by atoms with E-state index in [1.807, 2.05) is 50.2 Å². The molecule has 2 aromatic carbocycles. The zero-order chi connectivity index (χ0) is 27.2. The summed E-state index contributed by atoms with van der Waals surface area (Å²) < 4.78 is 36.3. The molecule has 0 spiro atoms. The fourth-order valence-electron chi connectivity index (χ4n) is 6.13. The lowest BCUT2D eigenvalue weighted by Crippen LogP contribution is -2.32. The Hall–Kier alpha value is -2.97. The van der Waals surface area contributed by atoms with E-state index < -0.39 is 10.0 Å². The number of nitrogens with one attached hydrogen (secondary N) is 1. The highest BCUT2D eigenvalue weighted by Gasteiger charge is 2.36. The predicted octanol–water partition coefficient (Wildman–Crippen LogP) is 5.79. The van der Waals surface area contributed by atoms with E-state index >= 15 is 0 Å². The quantitative estimate of drug-likeness (QED) is 0.448. The van der Waals surface area contributed by atoms with Crippen molar-refractivity contribution in [3.63, 3.8) is 0 Å². The van der Waals surface area contributed by atoms with E-state index in [0.717, 1.165) is 48.2 Å². The Kier molecular flexibility index (Phi) is 6.99. The molecule has 1 unspecified atom stereocenters. The van der Waals surface area contributed by atoms with E-state index in [-0.39, 0.29) is 28.3 Å². The van der Waals surface area contributed by atoms with Crippen molar-refractivity contribution in [2.24, 2.45) is 11.3 Å². The molecule has 0 amide bonds. The van der Waals surface area contributed by atoms with Crippen LogP contribution < -0.4 is 9.46 Å². The van der Waals surface area contributed by atoms with Crippen LogP contribution in [0.3, 0.4) is 0 Å². The number of benzene rings is 2. The van der Waals surface area contributed by atoms with Crippen molar-refractivity contribution >= 4 is 16.0 Å². The van der Waals surface area contributed by atoms with Gasteiger partial charge < -0.3 is 9.64 Å². The number of likely N-dealkylation sites (tertiary alicyclic amines) is 1. The summed E-state index contributed by atoms with van der Waals surface area (Å²) in [5.74, 6) is 0.896. The summed E-state index contributed by atoms with van der Waals surface area (Å²) in [5, 5.41) is 0. The van der Waals surface area contributed by atoms with Gasteiger partial charge in [-0.25, -0.2) is 18.1 Å². The van der Waals surface area contributed by atoms with Gasteiger partial charge in [0.1, 0.15) is 6.10 Å². The summed E-state index contributed by atoms with van der Waals surface area (Å²) in [5.41, 5.74) is 4.87. The molecule has 0 saturated carbocycles. The fourth-order valence-corrected chi connectivity index (χ4v) is 7.13. The van der Waals surface area contributed by atoms with Gasteiger partial charge in [-0.1, -0.05) is 51.1 Å². The lowest BCUT2D eigenvalue weighted by molar-refractivity contribution is 0.147. The zero-order valence-electron chi connectivity index (χ0n) is 23.2. The highest BCUT2D eigenvalue weighted by Crippen LogP contribution is 2.41. The third kappa shape index (κ3) is 5.71. The maximum absolute atomic E-state index is 13.5. The lowest BCUT2D eigenvalue weighted by atomic mass is 9.74. The van der Waals surface area contributed by atoms with Gasteiger partial charge in [0.05, 0.1) is 10.6 Å². The van der Waals surface area contributed by atoms with Gasteiger partial charge in [0.15, 0.2) is 0 Å². The number of aryl methyl sites for hydroxylation is 2. The standard InChI is InChI=1S/C30H38N4O3S/c1-19-9-7-10-20(2)28(19)26-15-27-32-29(31-26)33-38(35,36)24-12-8-11-21(13-24)25-14-23(37-27)18-34(6)17-22(25)16-30(3,4)5/h7-13,15,22-23,25H,14,16-18H2,1-6H3,(H,31,32,33)/t22-,23-,25?/m0/s1. The molecule has 1 fully saturated rings. The highest BCUT2D eigenvalue weighted by atomic mass is 32.2. The molecule has 6 bridgehead atoms. The Bertz CT molecular complexity index is 1430. The van der Waals surface area contributed by atoms with Gasteiger partial charge in [-0.15, -0.1) is 0 Å². The summed E-state index contributed by atoms with van der Waals surface area (Å²) in [7, 11) is -1.77. The van der Waals surface area contributed by atoms with E-state index in [9.17, 15) is 8.42 Å². The highest BCUT2D eigenvalue weighted by molar-refractivity contribution is 7.92. The molecule has 2 aliphatic heterocycles. The molecule has 5 rings (SSSR count). The molecule has 8 heteroatoms. The molecule has 3 aromatic rings. The molecule has 1 aromatic heterocycles. The Labute approximate surface area is 226 Å². The van der Waals surface area contributed by atoms with Gasteiger partial charge in [-0.05, 0) is 79.8 Å². The monoisotopic (exact) mass is 534 g/mol. The number of hydrogen-bond acceptors (Lipinski definition) is 6. The van der Waals surface area contributed by atoms with Crippen molar-refractivity contribution in [2.45, 2.75) is 64.4 Å². The summed E-state index contributed by atoms with van der Waals surface area (Å²) >= 11 is 0. The predicted molar refractivity (Wildman–Crippen MR) is 151 cm³/mol. The average molecular weight is 535 g/mol. The third-order valence-corrected chi connectivity index (χ3v) is 8.90. The third-order valence-electron chi connectivity index (χ3n) is 7.57. The van der Waals surface area contributed by atoms with Crippen LogP contribution in [0, 0.1) is 25.2 Å². The molecule has 1 saturated heterocycles. The number of sulfonamides is 1. The summed E-state index contributed by atoms with van der Waals surface area (Å²) in [6, 6.07) is 15.3. The first-order valence-electron chi connectivity index (χ1n) is 13.3. The minimum absolute atomic E-state index is 0.00950. The van der Waals surface area contributed by atoms with Crippen molar-refractivity contribution in [2.75, 3.05) is 24.9 Å². The summed E-state index contributed by atoms with van der Waals surface area (Å²) in [4.78, 5) is 11.7. The number of likely N-dealkylation sites (N-methyl/N-ethyl adjacent to an activating group) is 1. The van der Waals surface area contributed by atoms with Crippen LogP contribution in [0.5, 0.6) is 5.88 Å². The minimum atomic E-state index is -3.91. The molecule has 1 N–H and O–H groups in total. The molecule has 0 radical (unpaired) electrons. The van der Waals surface area contributed by atoms with Crippen LogP contribution in [0.25, 0.3) is 11.3 Å². The lowest BCUT2D eigenvalue weighted by Gasteiger charge is -2.33. The summed E-state index contributed by atoms with van der Waals surface area (Å²) in [6.45, 7) is 12.5. The molecule has 7 nitrogen and oxygen atoms in total. The van der Waals surface area contributed by atoms with E-state index in [4.69, 9.17) is 4.74 Å². The van der Waals surface area contributed by atoms with Crippen LogP contribution in [0.2, 0.25) is 0 Å². The van der Waals surface area contributed by atoms with Crippen molar-refractivity contribution in [1.29, 1.82) is 0 Å². The van der Waals surface area contributed by atoms with Crippen LogP contribution in [0.1, 0.15) is 56.2 Å². The number of nitrogens with zero attached hydrogens (tertiary/aromatic N) is 3. The smallest absolute Gasteiger partial charge is 0.264 e. The maximum atomic E-state index is 13.5. The van der Waals surface area contributed by atoms with Crippen LogP contribution in [-0.4, -0.2) is 49.5 Å². The molecule has 202 valence electrons. The van der Waals surface area contributed by atoms with E-state index in [1.54, 1.807) is 6.07 Å². The van der Waals surface area contributed by atoms with Crippen molar-refractivity contribution in [1.82, 2.24) is 14.9 Å². The number of fused-ring (bicyclic) bond motifs is 7. The average Bonchev–Trinajstić information content (AvgIpc) is 2.94. The molecular weight excluding hydrogens is 496 g/mol. The largest absolute Gasteiger partial charge is 0.473 e. The van der Waals surface area contributed by atoms with Crippen molar-refractivity contribution in [3.8, 4) is 17.1 Å². The SMILES string of the molecule is Cc1cccc(C)c1-c1cc2nc(n1)NS(=O)(=O)c1cccc(c1)C1C[C@@H](CN(C)C[C@@H]1CC(C)(C)C)O2. The summed E-state index contributed by atoms with van der Waals surface area (Å²) in [6.07, 6.45) is 1.70. The van der Waals surface area contributed by atoms with Crippen LogP contribution >= 0.6 is 0 Å². The first kappa shape index (κ1) is 26.6. The normalized spacial score (nSPS) is 23.3. The second-order valence-electron chi connectivity index (χ2n) is 12.2. The molecule has 3 heterocycles. The topological polar surface area (TPSA) is 84.4 Å². The molecule has 0 aliphatic carbocycles. The number of anilines is 1. The zero-order valence-corrected chi connectivity index (χ0v) is 24.0. The first-order chi connectivity index (χ1) is 17.9. The first-order valence-corrected chi connectivity index (χ1v) is 14.8. The van der Waals surface area contributed by atoms with Crippen LogP contribution in [-0.2, 0) is 10.0 Å². The van der Waals surface area contributed by atoms with Gasteiger partial charge in [0, 0.05) is 24.7 Å². The fraction of sp³-hybridized carbons (Fsp3) is 0.467. The molecular formula is C30H38N4O3S. The van der Waals surface area contributed by atoms with Crippen molar-refractivity contribution in [3.05, 3.63) is 65.2 Å². The van der Waals surface area contributed by atoms with Gasteiger partial charge in [-0.3, -0.25) is 0 Å². The van der Waals surface area contributed by atoms with E-state index in [2.05, 4.69) is 53.5 Å². The van der Waals surface area contributed by atoms with Gasteiger partial charge in [-0.2, -0.15) is 4.98 Å². The number of hydrogen-bond donors (Lipinski definition) is 1. The van der Waals surface area contributed by atoms with Gasteiger partial charge in [0.2, 0.25) is 11.8 Å². The second kappa shape index (κ2) is 9.97. The minimum Gasteiger partial charge on any atom is -0.473 e. The molecule has 3 atom stereocenters. The number of ether oxygens (including phenoxy) is 1. The van der Waals surface area contributed by atoms with Gasteiger partial charge >= 0.3 is 0 Å². The Balaban J connectivity index is 1.67.